The molecule has 0 radical (unpaired) electrons. The van der Waals surface area contributed by atoms with Crippen molar-refractivity contribution in [2.24, 2.45) is 5.92 Å². The Hall–Kier alpha value is -3.06. The number of hydrogen-bond donors (Lipinski definition) is 3. The van der Waals surface area contributed by atoms with E-state index in [0.717, 1.165) is 50.0 Å². The molecule has 31 heavy (non-hydrogen) atoms. The Kier molecular flexibility index (Phi) is 5.51. The molecule has 1 atom stereocenters. The monoisotopic (exact) mass is 422 g/mol. The van der Waals surface area contributed by atoms with Gasteiger partial charge in [0.1, 0.15) is 0 Å². The van der Waals surface area contributed by atoms with Crippen LogP contribution in [0.2, 0.25) is 0 Å². The highest BCUT2D eigenvalue weighted by atomic mass is 16.7. The normalized spacial score (nSPS) is 23.1. The minimum Gasteiger partial charge on any atom is -0.454 e. The van der Waals surface area contributed by atoms with Crippen molar-refractivity contribution in [3.05, 3.63) is 54.1 Å². The summed E-state index contributed by atoms with van der Waals surface area (Å²) in [7, 11) is 0. The lowest BCUT2D eigenvalue weighted by atomic mass is 9.93. The number of carbonyl (C=O) groups is 2. The Morgan fingerprint density at radius 1 is 0.935 bits per heavy atom. The minimum absolute atomic E-state index is 0.0246. The van der Waals surface area contributed by atoms with E-state index in [4.69, 9.17) is 9.47 Å². The highest BCUT2D eigenvalue weighted by molar-refractivity contribution is 5.93. The molecule has 0 aromatic heterocycles. The molecule has 2 aromatic rings. The summed E-state index contributed by atoms with van der Waals surface area (Å²) >= 11 is 0. The number of anilines is 1. The topological polar surface area (TPSA) is 81.1 Å². The van der Waals surface area contributed by atoms with Crippen molar-refractivity contribution in [3.63, 3.8) is 0 Å². The van der Waals surface area contributed by atoms with E-state index in [1.165, 1.54) is 4.90 Å². The molecule has 3 aliphatic rings. The molecule has 0 spiro atoms. The number of piperidine rings is 1. The zero-order chi connectivity index (χ0) is 21.2. The first kappa shape index (κ1) is 19.9. The van der Waals surface area contributed by atoms with Crippen LogP contribution in [0.15, 0.2) is 48.5 Å². The van der Waals surface area contributed by atoms with E-state index in [0.29, 0.717) is 17.5 Å². The highest BCUT2D eigenvalue weighted by Crippen LogP contribution is 2.34. The molecule has 0 unspecified atom stereocenters. The lowest BCUT2D eigenvalue weighted by Crippen LogP contribution is -3.14. The zero-order valence-electron chi connectivity index (χ0n) is 17.4. The van der Waals surface area contributed by atoms with E-state index in [1.807, 2.05) is 42.5 Å². The number of fused-ring (bicyclic) bond motifs is 1. The molecule has 2 aromatic carbocycles. The van der Waals surface area contributed by atoms with E-state index in [-0.39, 0.29) is 30.6 Å². The number of amides is 2. The molecule has 1 saturated carbocycles. The third-order valence-corrected chi connectivity index (χ3v) is 6.37. The van der Waals surface area contributed by atoms with E-state index in [1.54, 1.807) is 6.07 Å². The van der Waals surface area contributed by atoms with Gasteiger partial charge in [-0.05, 0) is 25.0 Å². The summed E-state index contributed by atoms with van der Waals surface area (Å²) in [5.74, 6) is 1.43. The number of benzene rings is 2. The molecular formula is C24H28N3O4+. The first-order chi connectivity index (χ1) is 15.2. The van der Waals surface area contributed by atoms with Crippen molar-refractivity contribution in [1.82, 2.24) is 5.32 Å². The van der Waals surface area contributed by atoms with Crippen LogP contribution in [0.3, 0.4) is 0 Å². The van der Waals surface area contributed by atoms with Gasteiger partial charge in [0.05, 0.1) is 13.1 Å². The van der Waals surface area contributed by atoms with Gasteiger partial charge < -0.3 is 25.0 Å². The van der Waals surface area contributed by atoms with Crippen LogP contribution in [0.5, 0.6) is 11.5 Å². The summed E-state index contributed by atoms with van der Waals surface area (Å²) in [6.07, 6.45) is 3.66. The number of ether oxygens (including phenoxy) is 2. The number of rotatable bonds is 6. The molecule has 3 N–H and O–H groups in total. The first-order valence-corrected chi connectivity index (χ1v) is 11.1. The Morgan fingerprint density at radius 2 is 1.68 bits per heavy atom. The fourth-order valence-electron chi connectivity index (χ4n) is 4.49. The first-order valence-electron chi connectivity index (χ1n) is 11.1. The summed E-state index contributed by atoms with van der Waals surface area (Å²) in [6.45, 7) is 1.79. The van der Waals surface area contributed by atoms with E-state index in [2.05, 4.69) is 10.6 Å². The van der Waals surface area contributed by atoms with Crippen molar-refractivity contribution in [2.45, 2.75) is 37.8 Å². The number of quaternary nitrogens is 1. The third-order valence-electron chi connectivity index (χ3n) is 6.37. The maximum absolute atomic E-state index is 13.0. The Balaban J connectivity index is 1.21. The molecule has 7 nitrogen and oxygen atoms in total. The summed E-state index contributed by atoms with van der Waals surface area (Å²) in [6, 6.07) is 15.6. The summed E-state index contributed by atoms with van der Waals surface area (Å²) in [5.41, 5.74) is 1.76. The van der Waals surface area contributed by atoms with Crippen molar-refractivity contribution in [3.8, 4) is 11.5 Å². The number of carbonyl (C=O) groups excluding carboxylic acids is 2. The second kappa shape index (κ2) is 8.59. The van der Waals surface area contributed by atoms with Crippen LogP contribution in [0.1, 0.15) is 37.3 Å². The van der Waals surface area contributed by atoms with Gasteiger partial charge in [0, 0.05) is 42.1 Å². The summed E-state index contributed by atoms with van der Waals surface area (Å²) in [5, 5.41) is 6.19. The molecule has 2 heterocycles. The number of nitrogens with one attached hydrogen (secondary N) is 3. The Bertz CT molecular complexity index is 953. The van der Waals surface area contributed by atoms with Crippen molar-refractivity contribution >= 4 is 17.5 Å². The minimum atomic E-state index is -0.223. The van der Waals surface area contributed by atoms with Gasteiger partial charge in [-0.1, -0.05) is 30.3 Å². The van der Waals surface area contributed by atoms with Crippen molar-refractivity contribution in [1.29, 1.82) is 0 Å². The molecule has 5 rings (SSSR count). The molecule has 2 amide bonds. The van der Waals surface area contributed by atoms with Gasteiger partial charge in [0.15, 0.2) is 17.5 Å². The second-order valence-electron chi connectivity index (χ2n) is 8.62. The second-order valence-corrected chi connectivity index (χ2v) is 8.62. The maximum atomic E-state index is 13.0. The molecular weight excluding hydrogens is 394 g/mol. The Morgan fingerprint density at radius 3 is 2.42 bits per heavy atom. The van der Waals surface area contributed by atoms with Crippen LogP contribution in [0.25, 0.3) is 0 Å². The average Bonchev–Trinajstić information content (AvgIpc) is 3.48. The van der Waals surface area contributed by atoms with Crippen LogP contribution in [0.4, 0.5) is 5.69 Å². The smallest absolute Gasteiger partial charge is 0.283 e. The molecule has 162 valence electrons. The molecule has 2 aliphatic heterocycles. The molecule has 1 saturated heterocycles. The average molecular weight is 423 g/mol. The van der Waals surface area contributed by atoms with Gasteiger partial charge >= 0.3 is 0 Å². The van der Waals surface area contributed by atoms with Crippen LogP contribution in [0, 0.1) is 5.92 Å². The van der Waals surface area contributed by atoms with Gasteiger partial charge in [-0.15, -0.1) is 0 Å². The largest absolute Gasteiger partial charge is 0.454 e. The van der Waals surface area contributed by atoms with Crippen LogP contribution in [-0.2, 0) is 9.59 Å². The van der Waals surface area contributed by atoms with E-state index in [9.17, 15) is 9.59 Å². The maximum Gasteiger partial charge on any atom is 0.283 e. The zero-order valence-corrected chi connectivity index (χ0v) is 17.4. The van der Waals surface area contributed by atoms with Crippen LogP contribution >= 0.6 is 0 Å². The molecule has 1 aliphatic carbocycles. The fraction of sp³-hybridized carbons (Fsp3) is 0.417. The highest BCUT2D eigenvalue weighted by Gasteiger charge is 2.38. The predicted molar refractivity (Wildman–Crippen MR) is 115 cm³/mol. The number of likely N-dealkylation sites (tertiary alicyclic amines) is 1. The summed E-state index contributed by atoms with van der Waals surface area (Å²) < 4.78 is 10.7. The fourth-order valence-corrected chi connectivity index (χ4v) is 4.49. The van der Waals surface area contributed by atoms with Gasteiger partial charge in [-0.25, -0.2) is 0 Å². The van der Waals surface area contributed by atoms with Crippen molar-refractivity contribution < 1.29 is 24.0 Å². The lowest BCUT2D eigenvalue weighted by molar-refractivity contribution is -0.927. The molecule has 0 bridgehead atoms. The van der Waals surface area contributed by atoms with E-state index < -0.39 is 0 Å². The third kappa shape index (κ3) is 4.51. The SMILES string of the molecule is O=C(Nc1ccc2c(c1)OCO2)C1CC[NH+]([C@H](C(=O)NC2CC2)c2ccccc2)CC1. The molecule has 7 heteroatoms. The van der Waals surface area contributed by atoms with Gasteiger partial charge in [0.2, 0.25) is 12.7 Å². The Labute approximate surface area is 181 Å². The summed E-state index contributed by atoms with van der Waals surface area (Å²) in [4.78, 5) is 27.1. The quantitative estimate of drug-likeness (QED) is 0.662. The number of hydrogen-bond acceptors (Lipinski definition) is 4. The van der Waals surface area contributed by atoms with E-state index >= 15 is 0 Å². The van der Waals surface area contributed by atoms with Gasteiger partial charge in [0.25, 0.3) is 5.91 Å². The van der Waals surface area contributed by atoms with Crippen LogP contribution in [-0.4, -0.2) is 37.7 Å². The predicted octanol–water partition coefficient (Wildman–Crippen LogP) is 1.67. The lowest BCUT2D eigenvalue weighted by Gasteiger charge is -2.33. The standard InChI is InChI=1S/C24H27N3O4/c28-23(26-19-8-9-20-21(14-19)31-15-30-20)17-10-12-27(13-11-17)22(16-4-2-1-3-5-16)24(29)25-18-6-7-18/h1-5,8-9,14,17-18,22H,6-7,10-13,15H2,(H,25,29)(H,26,28)/p+1/t22-/m0/s1. The van der Waals surface area contributed by atoms with Gasteiger partial charge in [-0.3, -0.25) is 9.59 Å². The molecule has 2 fully saturated rings. The van der Waals surface area contributed by atoms with Gasteiger partial charge in [-0.2, -0.15) is 0 Å². The van der Waals surface area contributed by atoms with Crippen LogP contribution < -0.4 is 25.0 Å². The van der Waals surface area contributed by atoms with Crippen molar-refractivity contribution in [2.75, 3.05) is 25.2 Å².